The molecule has 0 bridgehead atoms. The maximum atomic E-state index is 13.1. The first-order valence-corrected chi connectivity index (χ1v) is 13.5. The van der Waals surface area contributed by atoms with Crippen molar-refractivity contribution < 1.29 is 9.90 Å². The zero-order valence-corrected chi connectivity index (χ0v) is 22.3. The fourth-order valence-corrected chi connectivity index (χ4v) is 5.82. The summed E-state index contributed by atoms with van der Waals surface area (Å²) in [5.41, 5.74) is 4.74. The molecule has 1 aliphatic carbocycles. The lowest BCUT2D eigenvalue weighted by molar-refractivity contribution is -0.124. The van der Waals surface area contributed by atoms with Crippen molar-refractivity contribution in [3.63, 3.8) is 0 Å². The highest BCUT2D eigenvalue weighted by molar-refractivity contribution is 9.10. The summed E-state index contributed by atoms with van der Waals surface area (Å²) in [4.78, 5) is 24.4. The Labute approximate surface area is 224 Å². The number of nitrogens with zero attached hydrogens (tertiary/aromatic N) is 4. The summed E-state index contributed by atoms with van der Waals surface area (Å²) >= 11 is 9.94. The van der Waals surface area contributed by atoms with Crippen molar-refractivity contribution in [2.24, 2.45) is 0 Å². The number of aliphatic hydroxyl groups is 1. The normalized spacial score (nSPS) is 19.9. The smallest absolute Gasteiger partial charge is 0.238 e. The van der Waals surface area contributed by atoms with Gasteiger partial charge in [0.15, 0.2) is 0 Å². The number of aliphatic hydroxyl groups excluding tert-OH is 1. The van der Waals surface area contributed by atoms with Crippen LogP contribution in [0.5, 0.6) is 0 Å². The van der Waals surface area contributed by atoms with Crippen LogP contribution in [0, 0.1) is 0 Å². The van der Waals surface area contributed by atoms with Crippen LogP contribution in [0.1, 0.15) is 40.7 Å². The molecule has 0 spiro atoms. The lowest BCUT2D eigenvalue weighted by Gasteiger charge is -2.39. The molecule has 0 saturated carbocycles. The number of carbonyl (C=O) groups excluding carboxylic acids is 1. The average Bonchev–Trinajstić information content (AvgIpc) is 3.28. The Hall–Kier alpha value is -2.30. The molecule has 1 unspecified atom stereocenters. The van der Waals surface area contributed by atoms with Crippen molar-refractivity contribution >= 4 is 33.4 Å². The van der Waals surface area contributed by atoms with Gasteiger partial charge in [0.25, 0.3) is 0 Å². The van der Waals surface area contributed by atoms with E-state index in [1.165, 1.54) is 16.7 Å². The number of fused-ring (bicyclic) bond motifs is 2. The lowest BCUT2D eigenvalue weighted by atomic mass is 9.95. The highest BCUT2D eigenvalue weighted by atomic mass is 79.9. The van der Waals surface area contributed by atoms with Crippen LogP contribution >= 0.6 is 27.5 Å². The minimum Gasteiger partial charge on any atom is -0.388 e. The maximum absolute atomic E-state index is 13.1. The third-order valence-electron chi connectivity index (χ3n) is 7.00. The summed E-state index contributed by atoms with van der Waals surface area (Å²) in [5, 5.41) is 16.6. The van der Waals surface area contributed by atoms with Crippen LogP contribution in [0.4, 0.5) is 0 Å². The zero-order chi connectivity index (χ0) is 25.1. The minimum absolute atomic E-state index is 0.00153. The summed E-state index contributed by atoms with van der Waals surface area (Å²) in [6.45, 7) is 3.29. The van der Waals surface area contributed by atoms with Gasteiger partial charge < -0.3 is 20.3 Å². The molecule has 1 saturated heterocycles. The Kier molecular flexibility index (Phi) is 8.03. The van der Waals surface area contributed by atoms with Crippen LogP contribution < -0.4 is 10.6 Å². The Bertz CT molecular complexity index is 1180. The molecule has 0 radical (unpaired) electrons. The van der Waals surface area contributed by atoms with Crippen molar-refractivity contribution in [2.75, 3.05) is 26.2 Å². The number of hydrogen-bond donors (Lipinski definition) is 3. The average molecular weight is 574 g/mol. The molecule has 1 aromatic carbocycles. The van der Waals surface area contributed by atoms with Crippen molar-refractivity contribution in [1.82, 2.24) is 30.1 Å². The molecule has 1 amide bonds. The Balaban J connectivity index is 1.29. The van der Waals surface area contributed by atoms with Crippen LogP contribution in [0.2, 0.25) is 5.02 Å². The number of carbonyl (C=O) groups is 1. The van der Waals surface area contributed by atoms with E-state index < -0.39 is 0 Å². The van der Waals surface area contributed by atoms with E-state index in [1.54, 1.807) is 6.20 Å². The molecular weight excluding hydrogens is 544 g/mol. The Morgan fingerprint density at radius 1 is 1.25 bits per heavy atom. The number of hydrogen-bond acceptors (Lipinski definition) is 6. The molecule has 8 nitrogen and oxygen atoms in total. The van der Waals surface area contributed by atoms with Gasteiger partial charge in [0.2, 0.25) is 5.91 Å². The van der Waals surface area contributed by atoms with E-state index in [2.05, 4.69) is 54.6 Å². The number of benzene rings is 1. The number of halogens is 2. The van der Waals surface area contributed by atoms with Crippen LogP contribution in [-0.2, 0) is 30.8 Å². The molecule has 2 aromatic heterocycles. The van der Waals surface area contributed by atoms with Crippen molar-refractivity contribution in [3.8, 4) is 0 Å². The van der Waals surface area contributed by atoms with Crippen LogP contribution in [0.25, 0.3) is 0 Å². The Morgan fingerprint density at radius 3 is 2.97 bits per heavy atom. The van der Waals surface area contributed by atoms with Crippen molar-refractivity contribution in [3.05, 3.63) is 80.6 Å². The first-order chi connectivity index (χ1) is 17.5. The zero-order valence-electron chi connectivity index (χ0n) is 20.0. The molecule has 190 valence electrons. The van der Waals surface area contributed by atoms with E-state index >= 15 is 0 Å². The second-order valence-corrected chi connectivity index (χ2v) is 10.6. The standard InChI is InChI=1S/C26H30BrClN6O2/c27-19-12-18-3-2-17-13-20(28)4-5-21(17)25(24(18)32-14-19)34-11-7-29-22(15-34)26(36)31-6-1-9-33-10-8-30-23(33)16-35/h4-5,8,10,12-14,22,25,29,35H,1-3,6-7,9,11,15-16H2,(H,31,36)/t22-,25?/m1/s1. The third-order valence-corrected chi connectivity index (χ3v) is 7.67. The van der Waals surface area contributed by atoms with E-state index in [0.29, 0.717) is 25.5 Å². The highest BCUT2D eigenvalue weighted by Crippen LogP contribution is 2.37. The highest BCUT2D eigenvalue weighted by Gasteiger charge is 2.35. The van der Waals surface area contributed by atoms with Crippen molar-refractivity contribution in [2.45, 2.75) is 44.5 Å². The number of nitrogens with one attached hydrogen (secondary N) is 2. The van der Waals surface area contributed by atoms with Crippen LogP contribution in [-0.4, -0.2) is 62.7 Å². The molecule has 3 heterocycles. The fourth-order valence-electron chi connectivity index (χ4n) is 5.24. The molecule has 3 N–H and O–H groups in total. The predicted octanol–water partition coefficient (Wildman–Crippen LogP) is 2.85. The monoisotopic (exact) mass is 572 g/mol. The van der Waals surface area contributed by atoms with Gasteiger partial charge in [-0.2, -0.15) is 0 Å². The second kappa shape index (κ2) is 11.4. The number of piperazine rings is 1. The molecular formula is C26H30BrClN6O2. The fraction of sp³-hybridized carbons (Fsp3) is 0.423. The van der Waals surface area contributed by atoms with Gasteiger partial charge in [-0.1, -0.05) is 17.7 Å². The predicted molar refractivity (Wildman–Crippen MR) is 142 cm³/mol. The summed E-state index contributed by atoms with van der Waals surface area (Å²) < 4.78 is 2.88. The van der Waals surface area contributed by atoms with Crippen molar-refractivity contribution in [1.29, 1.82) is 0 Å². The molecule has 5 rings (SSSR count). The van der Waals surface area contributed by atoms with Gasteiger partial charge in [0.1, 0.15) is 12.4 Å². The van der Waals surface area contributed by atoms with E-state index in [4.69, 9.17) is 16.6 Å². The molecule has 2 aliphatic rings. The number of rotatable bonds is 7. The summed E-state index contributed by atoms with van der Waals surface area (Å²) in [6, 6.07) is 7.97. The number of aryl methyl sites for hydroxylation is 3. The van der Waals surface area contributed by atoms with Gasteiger partial charge in [-0.25, -0.2) is 4.98 Å². The Morgan fingerprint density at radius 2 is 2.11 bits per heavy atom. The van der Waals surface area contributed by atoms with Crippen LogP contribution in [0.3, 0.4) is 0 Å². The quantitative estimate of drug-likeness (QED) is 0.377. The molecule has 36 heavy (non-hydrogen) atoms. The van der Waals surface area contributed by atoms with Gasteiger partial charge in [0, 0.05) is 60.8 Å². The van der Waals surface area contributed by atoms with Gasteiger partial charge in [0.05, 0.1) is 17.8 Å². The SMILES string of the molecule is O=C(NCCCn1ccnc1CO)[C@H]1CN(C2c3ccc(Cl)cc3CCc3cc(Br)cnc32)CCN1. The van der Waals surface area contributed by atoms with E-state index in [1.807, 2.05) is 23.0 Å². The number of pyridine rings is 1. The summed E-state index contributed by atoms with van der Waals surface area (Å²) in [6.07, 6.45) is 7.95. The number of imidazole rings is 1. The van der Waals surface area contributed by atoms with E-state index in [-0.39, 0.29) is 24.6 Å². The number of aromatic nitrogens is 3. The largest absolute Gasteiger partial charge is 0.388 e. The molecule has 1 aliphatic heterocycles. The molecule has 2 atom stereocenters. The van der Waals surface area contributed by atoms with E-state index in [9.17, 15) is 9.90 Å². The van der Waals surface area contributed by atoms with Gasteiger partial charge in [-0.05, 0) is 70.1 Å². The molecule has 3 aromatic rings. The second-order valence-electron chi connectivity index (χ2n) is 9.28. The molecule has 1 fully saturated rings. The first kappa shape index (κ1) is 25.4. The topological polar surface area (TPSA) is 95.3 Å². The third kappa shape index (κ3) is 5.50. The van der Waals surface area contributed by atoms with E-state index in [0.717, 1.165) is 47.5 Å². The van der Waals surface area contributed by atoms with Gasteiger partial charge in [-0.3, -0.25) is 14.7 Å². The molecule has 10 heteroatoms. The summed E-state index contributed by atoms with van der Waals surface area (Å²) in [7, 11) is 0. The van der Waals surface area contributed by atoms with Crippen LogP contribution in [0.15, 0.2) is 47.3 Å². The van der Waals surface area contributed by atoms with Gasteiger partial charge >= 0.3 is 0 Å². The van der Waals surface area contributed by atoms with Gasteiger partial charge in [-0.15, -0.1) is 0 Å². The maximum Gasteiger partial charge on any atom is 0.238 e. The minimum atomic E-state index is -0.308. The first-order valence-electron chi connectivity index (χ1n) is 12.3. The number of amides is 1. The lowest BCUT2D eigenvalue weighted by Crippen LogP contribution is -2.58. The summed E-state index contributed by atoms with van der Waals surface area (Å²) in [5.74, 6) is 0.637.